The molecule has 0 radical (unpaired) electrons. The van der Waals surface area contributed by atoms with E-state index in [0.29, 0.717) is 16.7 Å². The number of aryl methyl sites for hydroxylation is 1. The molecule has 0 atom stereocenters. The average Bonchev–Trinajstić information content (AvgIpc) is 3.51. The minimum Gasteiger partial charge on any atom is -0.296 e. The smallest absolute Gasteiger partial charge is 0.114 e. The van der Waals surface area contributed by atoms with Crippen LogP contribution in [0.2, 0.25) is 0 Å². The van der Waals surface area contributed by atoms with E-state index in [1.165, 1.54) is 0 Å². The molecular weight excluding hydrogens is 522 g/mol. The molecule has 0 saturated heterocycles. The van der Waals surface area contributed by atoms with Gasteiger partial charge in [-0.1, -0.05) is 97.8 Å². The van der Waals surface area contributed by atoms with Gasteiger partial charge in [0, 0.05) is 31.3 Å². The first-order valence-corrected chi connectivity index (χ1v) is 14.3. The summed E-state index contributed by atoms with van der Waals surface area (Å²) in [5, 5.41) is 4.37. The van der Waals surface area contributed by atoms with Crippen LogP contribution in [-0.2, 0) is 6.37 Å². The van der Waals surface area contributed by atoms with Crippen LogP contribution in [0, 0.1) is 0 Å². The molecule has 0 N–H and O–H groups in total. The Morgan fingerprint density at radius 2 is 1.16 bits per heavy atom. The minimum atomic E-state index is -2.92. The molecular formula is C40H29N3. The monoisotopic (exact) mass is 556 g/mol. The van der Waals surface area contributed by atoms with Crippen LogP contribution in [0.25, 0.3) is 71.6 Å². The molecule has 0 aliphatic carbocycles. The van der Waals surface area contributed by atoms with Crippen LogP contribution in [0.4, 0.5) is 0 Å². The Morgan fingerprint density at radius 3 is 1.84 bits per heavy atom. The predicted octanol–water partition coefficient (Wildman–Crippen LogP) is 10.3. The first-order valence-electron chi connectivity index (χ1n) is 16.8. The van der Waals surface area contributed by atoms with Gasteiger partial charge in [0.15, 0.2) is 0 Å². The largest absolute Gasteiger partial charge is 0.296 e. The van der Waals surface area contributed by atoms with Crippen molar-refractivity contribution in [3.8, 4) is 39.1 Å². The van der Waals surface area contributed by atoms with Crippen LogP contribution in [-0.4, -0.2) is 14.5 Å². The molecule has 2 aromatic heterocycles. The second-order valence-corrected chi connectivity index (χ2v) is 10.6. The summed E-state index contributed by atoms with van der Waals surface area (Å²) < 4.78 is 43.0. The van der Waals surface area contributed by atoms with Gasteiger partial charge in [-0.15, -0.1) is 0 Å². The maximum atomic E-state index is 8.67. The summed E-state index contributed by atoms with van der Waals surface area (Å²) in [7, 11) is 0. The fraction of sp³-hybridized carbons (Fsp3) is 0.0500. The highest BCUT2D eigenvalue weighted by Crippen LogP contribution is 2.44. The van der Waals surface area contributed by atoms with E-state index in [2.05, 4.69) is 76.7 Å². The molecule has 0 amide bonds. The quantitative estimate of drug-likeness (QED) is 0.197. The fourth-order valence-electron chi connectivity index (χ4n) is 6.32. The molecule has 0 aliphatic heterocycles. The lowest BCUT2D eigenvalue weighted by atomic mass is 9.85. The summed E-state index contributed by atoms with van der Waals surface area (Å²) in [5.74, 6) is -0.153. The number of benzene rings is 6. The Kier molecular flexibility index (Phi) is 4.91. The Balaban J connectivity index is 1.38. The molecule has 204 valence electrons. The van der Waals surface area contributed by atoms with E-state index in [-0.39, 0.29) is 5.82 Å². The van der Waals surface area contributed by atoms with E-state index in [1.807, 2.05) is 73.1 Å². The van der Waals surface area contributed by atoms with Crippen molar-refractivity contribution in [1.29, 1.82) is 0 Å². The van der Waals surface area contributed by atoms with Gasteiger partial charge in [0.25, 0.3) is 0 Å². The summed E-state index contributed by atoms with van der Waals surface area (Å²) in [5.41, 5.74) is 8.23. The van der Waals surface area contributed by atoms with E-state index < -0.39 is 13.2 Å². The van der Waals surface area contributed by atoms with Gasteiger partial charge in [-0.05, 0) is 97.4 Å². The van der Waals surface area contributed by atoms with Crippen LogP contribution in [0.5, 0.6) is 0 Å². The molecule has 43 heavy (non-hydrogen) atoms. The number of para-hydroxylation sites is 2. The molecule has 0 aliphatic rings. The molecule has 3 heteroatoms. The molecule has 8 aromatic rings. The van der Waals surface area contributed by atoms with Crippen LogP contribution in [0.15, 0.2) is 146 Å². The molecule has 0 fully saturated rings. The highest BCUT2D eigenvalue weighted by atomic mass is 15.1. The van der Waals surface area contributed by atoms with Gasteiger partial charge in [0.2, 0.25) is 0 Å². The Bertz CT molecular complexity index is 2430. The zero-order valence-electron chi connectivity index (χ0n) is 28.2. The van der Waals surface area contributed by atoms with Crippen LogP contribution >= 0.6 is 0 Å². The van der Waals surface area contributed by atoms with Crippen molar-refractivity contribution in [1.82, 2.24) is 14.5 Å². The standard InChI is InChI=1S/C40H29N3/c1-2-38-42-36-19-7-8-20-37(36)43(38)31-14-10-13-30(26-31)40-34-17-5-3-15-32(34)39(33-16-4-6-18-35(33)40)29-12-9-11-28(25-29)27-21-23-41-24-22-27/h3-26H,2H2,1H3/i1D3,2D2. The fourth-order valence-corrected chi connectivity index (χ4v) is 6.32. The third kappa shape index (κ3) is 4.21. The summed E-state index contributed by atoms with van der Waals surface area (Å²) >= 11 is 0. The van der Waals surface area contributed by atoms with Crippen molar-refractivity contribution in [3.63, 3.8) is 0 Å². The van der Waals surface area contributed by atoms with Crippen molar-refractivity contribution in [2.24, 2.45) is 0 Å². The molecule has 3 nitrogen and oxygen atoms in total. The highest BCUT2D eigenvalue weighted by molar-refractivity contribution is 6.21. The first kappa shape index (κ1) is 20.4. The molecule has 2 heterocycles. The predicted molar refractivity (Wildman–Crippen MR) is 180 cm³/mol. The van der Waals surface area contributed by atoms with Gasteiger partial charge in [-0.25, -0.2) is 4.98 Å². The zero-order valence-corrected chi connectivity index (χ0v) is 23.2. The van der Waals surface area contributed by atoms with E-state index >= 15 is 0 Å². The van der Waals surface area contributed by atoms with Crippen molar-refractivity contribution in [2.75, 3.05) is 0 Å². The van der Waals surface area contributed by atoms with E-state index in [0.717, 1.165) is 54.9 Å². The van der Waals surface area contributed by atoms with Crippen molar-refractivity contribution < 1.29 is 6.85 Å². The molecule has 0 spiro atoms. The molecule has 8 rings (SSSR count). The average molecular weight is 557 g/mol. The van der Waals surface area contributed by atoms with Crippen LogP contribution < -0.4 is 0 Å². The van der Waals surface area contributed by atoms with Gasteiger partial charge < -0.3 is 0 Å². The summed E-state index contributed by atoms with van der Waals surface area (Å²) in [6.45, 7) is -2.92. The van der Waals surface area contributed by atoms with Crippen molar-refractivity contribution in [2.45, 2.75) is 13.2 Å². The van der Waals surface area contributed by atoms with Crippen molar-refractivity contribution >= 4 is 32.6 Å². The zero-order chi connectivity index (χ0) is 33.0. The maximum absolute atomic E-state index is 8.67. The van der Waals surface area contributed by atoms with Gasteiger partial charge in [0.1, 0.15) is 5.82 Å². The summed E-state index contributed by atoms with van der Waals surface area (Å²) in [4.78, 5) is 8.72. The Morgan fingerprint density at radius 1 is 0.581 bits per heavy atom. The van der Waals surface area contributed by atoms with Gasteiger partial charge in [0.05, 0.1) is 11.0 Å². The number of aromatic nitrogens is 3. The number of imidazole rings is 1. The number of fused-ring (bicyclic) bond motifs is 3. The van der Waals surface area contributed by atoms with E-state index in [9.17, 15) is 0 Å². The SMILES string of the molecule is [2H]C([2H])([2H])C([2H])([2H])c1nc2ccccc2n1-c1cccc(-c2c3ccccc3c(-c3cccc(-c4ccncc4)c3)c3ccccc23)c1. The minimum absolute atomic E-state index is 0.153. The van der Waals surface area contributed by atoms with Crippen LogP contribution in [0.1, 0.15) is 19.5 Å². The van der Waals surface area contributed by atoms with Crippen LogP contribution in [0.3, 0.4) is 0 Å². The summed E-state index contributed by atoms with van der Waals surface area (Å²) in [6, 6.07) is 44.6. The van der Waals surface area contributed by atoms with E-state index in [4.69, 9.17) is 6.85 Å². The van der Waals surface area contributed by atoms with Gasteiger partial charge in [-0.3, -0.25) is 9.55 Å². The van der Waals surface area contributed by atoms with Crippen molar-refractivity contribution in [3.05, 3.63) is 152 Å². The van der Waals surface area contributed by atoms with E-state index in [1.54, 1.807) is 10.6 Å². The number of hydrogen-bond acceptors (Lipinski definition) is 2. The summed E-state index contributed by atoms with van der Waals surface area (Å²) in [6.07, 6.45) is 0.929. The molecule has 0 unspecified atom stereocenters. The number of nitrogens with zero attached hydrogens (tertiary/aromatic N) is 3. The number of pyridine rings is 1. The van der Waals surface area contributed by atoms with Gasteiger partial charge >= 0.3 is 0 Å². The third-order valence-electron chi connectivity index (χ3n) is 8.16. The Labute approximate surface area is 257 Å². The second kappa shape index (κ2) is 10.4. The lowest BCUT2D eigenvalue weighted by molar-refractivity contribution is 0.908. The topological polar surface area (TPSA) is 30.7 Å². The normalized spacial score (nSPS) is 13.8. The second-order valence-electron chi connectivity index (χ2n) is 10.6. The lowest BCUT2D eigenvalue weighted by Crippen LogP contribution is -2.00. The molecule has 6 aromatic carbocycles. The highest BCUT2D eigenvalue weighted by Gasteiger charge is 2.18. The number of hydrogen-bond donors (Lipinski definition) is 0. The maximum Gasteiger partial charge on any atom is 0.114 e. The molecule has 0 saturated carbocycles. The molecule has 0 bridgehead atoms. The van der Waals surface area contributed by atoms with Gasteiger partial charge in [-0.2, -0.15) is 0 Å². The lowest BCUT2D eigenvalue weighted by Gasteiger charge is -2.19. The number of rotatable bonds is 5. The third-order valence-corrected chi connectivity index (χ3v) is 8.16. The Hall–Kier alpha value is -5.54. The first-order chi connectivity index (χ1) is 23.2.